The quantitative estimate of drug-likeness (QED) is 0.453. The second kappa shape index (κ2) is 4.90. The molecule has 0 unspecified atom stereocenters. The number of ether oxygens (including phenoxy) is 1. The van der Waals surface area contributed by atoms with Crippen molar-refractivity contribution in [3.8, 4) is 0 Å². The van der Waals surface area contributed by atoms with Gasteiger partial charge in [-0.05, 0) is 18.2 Å². The standard InChI is InChI=1S/C10H9NO5S/c1-16-10(13)8-5-7(17(2,14)15)3-4-9(8)11-6-12/h3-5H,1-2H3. The van der Waals surface area contributed by atoms with Crippen molar-refractivity contribution >= 4 is 27.6 Å². The third kappa shape index (κ3) is 2.99. The van der Waals surface area contributed by atoms with Crippen LogP contribution < -0.4 is 0 Å². The number of nitrogens with zero attached hydrogens (tertiary/aromatic N) is 1. The van der Waals surface area contributed by atoms with Crippen molar-refractivity contribution < 1.29 is 22.7 Å². The molecule has 1 rings (SSSR count). The van der Waals surface area contributed by atoms with Gasteiger partial charge < -0.3 is 4.74 Å². The van der Waals surface area contributed by atoms with E-state index in [1.165, 1.54) is 18.2 Å². The van der Waals surface area contributed by atoms with Crippen LogP contribution in [0.15, 0.2) is 28.1 Å². The van der Waals surface area contributed by atoms with Gasteiger partial charge in [-0.15, -0.1) is 0 Å². The van der Waals surface area contributed by atoms with Crippen molar-refractivity contribution in [2.75, 3.05) is 13.4 Å². The Kier molecular flexibility index (Phi) is 3.77. The van der Waals surface area contributed by atoms with Crippen molar-refractivity contribution in [1.29, 1.82) is 0 Å². The topological polar surface area (TPSA) is 89.9 Å². The molecule has 0 saturated carbocycles. The van der Waals surface area contributed by atoms with Crippen LogP contribution in [0.25, 0.3) is 0 Å². The Labute approximate surface area is 97.8 Å². The summed E-state index contributed by atoms with van der Waals surface area (Å²) in [6.45, 7) is 0. The molecule has 0 aliphatic carbocycles. The summed E-state index contributed by atoms with van der Waals surface area (Å²) >= 11 is 0. The summed E-state index contributed by atoms with van der Waals surface area (Å²) in [5.41, 5.74) is -0.0852. The van der Waals surface area contributed by atoms with Gasteiger partial charge in [0, 0.05) is 6.26 Å². The molecule has 0 saturated heterocycles. The van der Waals surface area contributed by atoms with Crippen LogP contribution in [0.5, 0.6) is 0 Å². The SMILES string of the molecule is COC(=O)c1cc(S(C)(=O)=O)ccc1N=C=O. The first-order valence-corrected chi connectivity index (χ1v) is 6.29. The van der Waals surface area contributed by atoms with Gasteiger partial charge in [-0.3, -0.25) is 0 Å². The van der Waals surface area contributed by atoms with Crippen molar-refractivity contribution in [3.05, 3.63) is 23.8 Å². The second-order valence-corrected chi connectivity index (χ2v) is 5.16. The molecule has 0 N–H and O–H groups in total. The lowest BCUT2D eigenvalue weighted by Gasteiger charge is -2.04. The maximum absolute atomic E-state index is 11.4. The van der Waals surface area contributed by atoms with Crippen LogP contribution in [0.4, 0.5) is 5.69 Å². The zero-order chi connectivity index (χ0) is 13.1. The summed E-state index contributed by atoms with van der Waals surface area (Å²) in [6, 6.07) is 3.60. The third-order valence-electron chi connectivity index (χ3n) is 1.97. The Hall–Kier alpha value is -1.98. The lowest BCUT2D eigenvalue weighted by molar-refractivity contribution is 0.0601. The summed E-state index contributed by atoms with van der Waals surface area (Å²) in [5.74, 6) is -0.774. The van der Waals surface area contributed by atoms with E-state index in [0.29, 0.717) is 0 Å². The molecule has 1 aromatic rings. The molecule has 7 heteroatoms. The molecule has 0 fully saturated rings. The van der Waals surface area contributed by atoms with Gasteiger partial charge in [0.2, 0.25) is 6.08 Å². The van der Waals surface area contributed by atoms with Crippen molar-refractivity contribution in [3.63, 3.8) is 0 Å². The summed E-state index contributed by atoms with van der Waals surface area (Å²) < 4.78 is 27.1. The predicted octanol–water partition coefficient (Wildman–Crippen LogP) is 0.844. The number of benzene rings is 1. The fraction of sp³-hybridized carbons (Fsp3) is 0.200. The van der Waals surface area contributed by atoms with Gasteiger partial charge in [0.05, 0.1) is 23.3 Å². The molecule has 0 amide bonds. The average molecular weight is 255 g/mol. The summed E-state index contributed by atoms with van der Waals surface area (Å²) in [7, 11) is -2.30. The summed E-state index contributed by atoms with van der Waals surface area (Å²) in [4.78, 5) is 24.8. The highest BCUT2D eigenvalue weighted by atomic mass is 32.2. The molecule has 0 radical (unpaired) electrons. The lowest BCUT2D eigenvalue weighted by atomic mass is 10.2. The van der Waals surface area contributed by atoms with Crippen LogP contribution >= 0.6 is 0 Å². The normalized spacial score (nSPS) is 10.5. The van der Waals surface area contributed by atoms with E-state index >= 15 is 0 Å². The minimum atomic E-state index is -3.45. The Morgan fingerprint density at radius 1 is 1.41 bits per heavy atom. The van der Waals surface area contributed by atoms with Gasteiger partial charge in [0.15, 0.2) is 9.84 Å². The minimum absolute atomic E-state index is 0.0132. The zero-order valence-electron chi connectivity index (χ0n) is 9.13. The number of carbonyl (C=O) groups excluding carboxylic acids is 2. The number of rotatable bonds is 3. The van der Waals surface area contributed by atoms with E-state index in [0.717, 1.165) is 19.4 Å². The molecule has 0 spiro atoms. The monoisotopic (exact) mass is 255 g/mol. The maximum atomic E-state index is 11.4. The first-order chi connectivity index (χ1) is 7.90. The van der Waals surface area contributed by atoms with Gasteiger partial charge in [0.1, 0.15) is 0 Å². The molecule has 90 valence electrons. The highest BCUT2D eigenvalue weighted by Gasteiger charge is 2.16. The highest BCUT2D eigenvalue weighted by Crippen LogP contribution is 2.23. The highest BCUT2D eigenvalue weighted by molar-refractivity contribution is 7.90. The van der Waals surface area contributed by atoms with Gasteiger partial charge in [-0.25, -0.2) is 18.0 Å². The van der Waals surface area contributed by atoms with Crippen molar-refractivity contribution in [2.45, 2.75) is 4.90 Å². The van der Waals surface area contributed by atoms with Crippen molar-refractivity contribution in [1.82, 2.24) is 0 Å². The maximum Gasteiger partial charge on any atom is 0.340 e. The van der Waals surface area contributed by atoms with Gasteiger partial charge in [-0.1, -0.05) is 0 Å². The molecule has 0 aliphatic heterocycles. The summed E-state index contributed by atoms with van der Waals surface area (Å²) in [5, 5.41) is 0. The number of methoxy groups -OCH3 is 1. The number of carbonyl (C=O) groups is 1. The van der Waals surface area contributed by atoms with Crippen LogP contribution in [0.3, 0.4) is 0 Å². The molecule has 17 heavy (non-hydrogen) atoms. The van der Waals surface area contributed by atoms with Crippen molar-refractivity contribution in [2.24, 2.45) is 4.99 Å². The van der Waals surface area contributed by atoms with E-state index in [1.54, 1.807) is 0 Å². The van der Waals surface area contributed by atoms with E-state index in [2.05, 4.69) is 9.73 Å². The number of hydrogen-bond donors (Lipinski definition) is 0. The van der Waals surface area contributed by atoms with Gasteiger partial charge in [0.25, 0.3) is 0 Å². The number of esters is 1. The fourth-order valence-corrected chi connectivity index (χ4v) is 1.81. The largest absolute Gasteiger partial charge is 0.465 e. The molecular weight excluding hydrogens is 246 g/mol. The molecule has 0 heterocycles. The first kappa shape index (κ1) is 13.1. The number of hydrogen-bond acceptors (Lipinski definition) is 6. The van der Waals surface area contributed by atoms with Crippen LogP contribution in [-0.4, -0.2) is 33.8 Å². The Bertz CT molecular complexity index is 599. The van der Waals surface area contributed by atoms with Crippen LogP contribution in [0.1, 0.15) is 10.4 Å². The fourth-order valence-electron chi connectivity index (χ4n) is 1.17. The van der Waals surface area contributed by atoms with E-state index in [-0.39, 0.29) is 16.1 Å². The first-order valence-electron chi connectivity index (χ1n) is 4.40. The van der Waals surface area contributed by atoms with Gasteiger partial charge >= 0.3 is 5.97 Å². The van der Waals surface area contributed by atoms with E-state index in [9.17, 15) is 18.0 Å². The van der Waals surface area contributed by atoms with E-state index in [4.69, 9.17) is 0 Å². The predicted molar refractivity (Wildman–Crippen MR) is 58.7 cm³/mol. The summed E-state index contributed by atoms with van der Waals surface area (Å²) in [6.07, 6.45) is 2.29. The average Bonchev–Trinajstić information content (AvgIpc) is 2.27. The van der Waals surface area contributed by atoms with Crippen LogP contribution in [0, 0.1) is 0 Å². The smallest absolute Gasteiger partial charge is 0.340 e. The molecule has 1 aromatic carbocycles. The number of aliphatic imine (C=N–C) groups is 1. The zero-order valence-corrected chi connectivity index (χ0v) is 9.95. The molecule has 0 aliphatic rings. The van der Waals surface area contributed by atoms with Crippen LogP contribution in [0.2, 0.25) is 0 Å². The van der Waals surface area contributed by atoms with E-state index < -0.39 is 15.8 Å². The molecule has 0 bridgehead atoms. The molecular formula is C10H9NO5S. The lowest BCUT2D eigenvalue weighted by Crippen LogP contribution is -2.04. The second-order valence-electron chi connectivity index (χ2n) is 3.15. The third-order valence-corrected chi connectivity index (χ3v) is 3.08. The Balaban J connectivity index is 3.49. The Morgan fingerprint density at radius 2 is 2.06 bits per heavy atom. The number of sulfone groups is 1. The van der Waals surface area contributed by atoms with E-state index in [1.807, 2.05) is 0 Å². The minimum Gasteiger partial charge on any atom is -0.465 e. The molecule has 0 aromatic heterocycles. The molecule has 0 atom stereocenters. The number of isocyanates is 1. The van der Waals surface area contributed by atoms with Crippen LogP contribution in [-0.2, 0) is 19.4 Å². The molecule has 6 nitrogen and oxygen atoms in total. The Morgan fingerprint density at radius 3 is 2.53 bits per heavy atom. The van der Waals surface area contributed by atoms with Gasteiger partial charge in [-0.2, -0.15) is 4.99 Å².